The molecular weight excluding hydrogens is 450 g/mol. The molecule has 2 N–H and O–H groups in total. The molecule has 0 spiro atoms. The van der Waals surface area contributed by atoms with Crippen molar-refractivity contribution in [2.24, 2.45) is 29.6 Å². The average molecular weight is 474 g/mol. The predicted octanol–water partition coefficient (Wildman–Crippen LogP) is 1.48. The van der Waals surface area contributed by atoms with Crippen LogP contribution in [0.3, 0.4) is 0 Å². The monoisotopic (exact) mass is 473 g/mol. The summed E-state index contributed by atoms with van der Waals surface area (Å²) in [6, 6.07) is 5.17. The van der Waals surface area contributed by atoms with Crippen LogP contribution in [0.25, 0.3) is 0 Å². The summed E-state index contributed by atoms with van der Waals surface area (Å²) in [5.41, 5.74) is 4.49. The number of carbonyl (C=O) groups is 5. The van der Waals surface area contributed by atoms with E-state index in [1.165, 1.54) is 12.1 Å². The molecule has 3 aliphatic rings. The molecule has 4 rings (SSSR count). The summed E-state index contributed by atoms with van der Waals surface area (Å²) < 4.78 is 5.10. The lowest BCUT2D eigenvalue weighted by Gasteiger charge is -2.28. The highest BCUT2D eigenvalue weighted by Gasteiger charge is 2.61. The van der Waals surface area contributed by atoms with Crippen molar-refractivity contribution in [3.05, 3.63) is 47.0 Å². The summed E-state index contributed by atoms with van der Waals surface area (Å²) in [5, 5.41) is 0.212. The second-order valence-electron chi connectivity index (χ2n) is 8.83. The molecular formula is C23H24ClN3O6. The second-order valence-corrected chi connectivity index (χ2v) is 9.23. The normalized spacial score (nSPS) is 25.9. The van der Waals surface area contributed by atoms with Gasteiger partial charge in [0.25, 0.3) is 11.8 Å². The van der Waals surface area contributed by atoms with E-state index < -0.39 is 48.2 Å². The van der Waals surface area contributed by atoms with Crippen molar-refractivity contribution in [1.29, 1.82) is 0 Å². The SMILES string of the molecule is CC(C)[C@@H](C(=O)OCC(=O)NNC(=O)c1ccccc1Cl)N1C(=O)[C@@H]2[C@H](C1=O)[C@H]1C=C[C@H]2C1. The zero-order valence-corrected chi connectivity index (χ0v) is 18.9. The Kier molecular flexibility index (Phi) is 6.25. The number of benzene rings is 1. The van der Waals surface area contributed by atoms with Crippen LogP contribution in [0.15, 0.2) is 36.4 Å². The third-order valence-electron chi connectivity index (χ3n) is 6.44. The first-order chi connectivity index (χ1) is 15.7. The number of esters is 1. The highest BCUT2D eigenvalue weighted by molar-refractivity contribution is 6.33. The lowest BCUT2D eigenvalue weighted by atomic mass is 9.85. The van der Waals surface area contributed by atoms with Gasteiger partial charge in [-0.25, -0.2) is 4.79 Å². The average Bonchev–Trinajstić information content (AvgIpc) is 3.46. The van der Waals surface area contributed by atoms with E-state index in [9.17, 15) is 24.0 Å². The highest BCUT2D eigenvalue weighted by Crippen LogP contribution is 2.53. The fraction of sp³-hybridized carbons (Fsp3) is 0.435. The molecule has 0 unspecified atom stereocenters. The van der Waals surface area contributed by atoms with Gasteiger partial charge in [0.1, 0.15) is 6.04 Å². The van der Waals surface area contributed by atoms with Gasteiger partial charge in [0.2, 0.25) is 11.8 Å². The third-order valence-corrected chi connectivity index (χ3v) is 6.76. The van der Waals surface area contributed by atoms with Crippen LogP contribution in [0.1, 0.15) is 30.6 Å². The van der Waals surface area contributed by atoms with Gasteiger partial charge in [-0.1, -0.05) is 49.7 Å². The molecule has 9 nitrogen and oxygen atoms in total. The quantitative estimate of drug-likeness (QED) is 0.279. The number of hydrazine groups is 1. The molecule has 1 aromatic carbocycles. The van der Waals surface area contributed by atoms with Gasteiger partial charge in [-0.05, 0) is 36.3 Å². The van der Waals surface area contributed by atoms with Gasteiger partial charge in [-0.15, -0.1) is 0 Å². The highest BCUT2D eigenvalue weighted by atomic mass is 35.5. The van der Waals surface area contributed by atoms with E-state index in [2.05, 4.69) is 10.9 Å². The molecule has 0 radical (unpaired) electrons. The fourth-order valence-electron chi connectivity index (χ4n) is 4.97. The molecule has 2 fully saturated rings. The molecule has 1 saturated heterocycles. The van der Waals surface area contributed by atoms with Crippen molar-refractivity contribution in [3.63, 3.8) is 0 Å². The van der Waals surface area contributed by atoms with Crippen molar-refractivity contribution in [2.45, 2.75) is 26.3 Å². The van der Waals surface area contributed by atoms with E-state index in [1.54, 1.807) is 26.0 Å². The van der Waals surface area contributed by atoms with Gasteiger partial charge < -0.3 is 4.74 Å². The van der Waals surface area contributed by atoms with Crippen LogP contribution in [-0.2, 0) is 23.9 Å². The Labute approximate surface area is 195 Å². The van der Waals surface area contributed by atoms with Crippen LogP contribution in [0.5, 0.6) is 0 Å². The molecule has 174 valence electrons. The number of likely N-dealkylation sites (tertiary alicyclic amines) is 1. The van der Waals surface area contributed by atoms with Crippen LogP contribution in [0.2, 0.25) is 5.02 Å². The van der Waals surface area contributed by atoms with E-state index in [1.807, 2.05) is 12.2 Å². The molecule has 1 aliphatic heterocycles. The Balaban J connectivity index is 1.34. The molecule has 10 heteroatoms. The molecule has 1 saturated carbocycles. The number of allylic oxidation sites excluding steroid dienone is 2. The maximum absolute atomic E-state index is 13.0. The molecule has 1 heterocycles. The summed E-state index contributed by atoms with van der Waals surface area (Å²) in [7, 11) is 0. The Morgan fingerprint density at radius 3 is 2.24 bits per heavy atom. The largest absolute Gasteiger partial charge is 0.454 e. The first-order valence-corrected chi connectivity index (χ1v) is 11.1. The van der Waals surface area contributed by atoms with Gasteiger partial charge in [-0.3, -0.25) is 34.9 Å². The molecule has 2 bridgehead atoms. The van der Waals surface area contributed by atoms with Crippen LogP contribution in [-0.4, -0.2) is 47.1 Å². The molecule has 4 amide bonds. The van der Waals surface area contributed by atoms with E-state index in [-0.39, 0.29) is 34.2 Å². The molecule has 33 heavy (non-hydrogen) atoms. The van der Waals surface area contributed by atoms with Gasteiger partial charge >= 0.3 is 5.97 Å². The second kappa shape index (κ2) is 8.97. The molecule has 5 atom stereocenters. The Morgan fingerprint density at radius 2 is 1.67 bits per heavy atom. The predicted molar refractivity (Wildman–Crippen MR) is 116 cm³/mol. The first-order valence-electron chi connectivity index (χ1n) is 10.8. The molecule has 2 aliphatic carbocycles. The first kappa shape index (κ1) is 23.0. The van der Waals surface area contributed by atoms with E-state index in [4.69, 9.17) is 16.3 Å². The summed E-state index contributed by atoms with van der Waals surface area (Å²) in [6.45, 7) is 2.72. The van der Waals surface area contributed by atoms with Crippen LogP contribution in [0.4, 0.5) is 0 Å². The number of hydrogen-bond donors (Lipinski definition) is 2. The Bertz CT molecular complexity index is 1020. The minimum Gasteiger partial charge on any atom is -0.454 e. The minimum atomic E-state index is -1.12. The maximum atomic E-state index is 13.0. The summed E-state index contributed by atoms with van der Waals surface area (Å²) in [6.07, 6.45) is 4.74. The number of rotatable bonds is 6. The van der Waals surface area contributed by atoms with E-state index in [0.717, 1.165) is 11.3 Å². The van der Waals surface area contributed by atoms with Crippen LogP contribution in [0, 0.1) is 29.6 Å². The molecule has 0 aromatic heterocycles. The van der Waals surface area contributed by atoms with Gasteiger partial charge in [0, 0.05) is 0 Å². The summed E-state index contributed by atoms with van der Waals surface area (Å²) >= 11 is 5.94. The standard InChI is InChI=1S/C23H24ClN3O6/c1-11(2)19(27-21(30)17-12-7-8-13(9-12)18(17)22(27)31)23(32)33-10-16(28)25-26-20(29)14-5-3-4-6-15(14)24/h3-8,11-13,17-19H,9-10H2,1-2H3,(H,25,28)(H,26,29)/t12-,13-,17-,18+,19-/m0/s1. The number of nitrogens with zero attached hydrogens (tertiary/aromatic N) is 1. The van der Waals surface area contributed by atoms with Gasteiger partial charge in [0.15, 0.2) is 6.61 Å². The number of imide groups is 1. The van der Waals surface area contributed by atoms with Crippen molar-refractivity contribution < 1.29 is 28.7 Å². The Hall–Kier alpha value is -3.20. The fourth-order valence-corrected chi connectivity index (χ4v) is 5.19. The van der Waals surface area contributed by atoms with Crippen molar-refractivity contribution in [2.75, 3.05) is 6.61 Å². The van der Waals surface area contributed by atoms with E-state index in [0.29, 0.717) is 0 Å². The number of ether oxygens (including phenoxy) is 1. The number of nitrogens with one attached hydrogen (secondary N) is 2. The lowest BCUT2D eigenvalue weighted by Crippen LogP contribution is -2.50. The Morgan fingerprint density at radius 1 is 1.06 bits per heavy atom. The lowest BCUT2D eigenvalue weighted by molar-refractivity contribution is -0.162. The summed E-state index contributed by atoms with van der Waals surface area (Å²) in [4.78, 5) is 64.1. The zero-order chi connectivity index (χ0) is 23.9. The van der Waals surface area contributed by atoms with Gasteiger partial charge in [-0.2, -0.15) is 0 Å². The summed E-state index contributed by atoms with van der Waals surface area (Å²) in [5.74, 6) is -4.18. The maximum Gasteiger partial charge on any atom is 0.330 e. The van der Waals surface area contributed by atoms with Crippen molar-refractivity contribution in [1.82, 2.24) is 15.8 Å². The van der Waals surface area contributed by atoms with Crippen LogP contribution < -0.4 is 10.9 Å². The molecule has 1 aromatic rings. The number of carbonyl (C=O) groups excluding carboxylic acids is 5. The number of halogens is 1. The topological polar surface area (TPSA) is 122 Å². The van der Waals surface area contributed by atoms with Crippen molar-refractivity contribution >= 4 is 41.2 Å². The zero-order valence-electron chi connectivity index (χ0n) is 18.1. The minimum absolute atomic E-state index is 0.0257. The third kappa shape index (κ3) is 4.13. The number of hydrogen-bond acceptors (Lipinski definition) is 6. The van der Waals surface area contributed by atoms with Crippen LogP contribution >= 0.6 is 11.6 Å². The van der Waals surface area contributed by atoms with E-state index >= 15 is 0 Å². The number of fused-ring (bicyclic) bond motifs is 5. The number of amides is 4. The van der Waals surface area contributed by atoms with Crippen molar-refractivity contribution in [3.8, 4) is 0 Å². The smallest absolute Gasteiger partial charge is 0.330 e. The van der Waals surface area contributed by atoms with Gasteiger partial charge in [0.05, 0.1) is 22.4 Å².